The minimum absolute atomic E-state index is 0.0400. The zero-order chi connectivity index (χ0) is 18.1. The van der Waals surface area contributed by atoms with Gasteiger partial charge < -0.3 is 14.7 Å². The summed E-state index contributed by atoms with van der Waals surface area (Å²) in [6.45, 7) is 4.82. The molecular weight excluding hydrogens is 330 g/mol. The molecule has 2 saturated heterocycles. The molecule has 0 spiro atoms. The second kappa shape index (κ2) is 7.39. The molecule has 4 rings (SSSR count). The summed E-state index contributed by atoms with van der Waals surface area (Å²) in [5, 5.41) is 4.30. The van der Waals surface area contributed by atoms with Crippen molar-refractivity contribution in [2.24, 2.45) is 5.92 Å². The Kier molecular flexibility index (Phi) is 4.98. The van der Waals surface area contributed by atoms with E-state index in [4.69, 9.17) is 0 Å². The molecule has 1 aromatic rings. The largest absolute Gasteiger partial charge is 0.369 e. The monoisotopic (exact) mass is 359 g/mol. The predicted octanol–water partition coefficient (Wildman–Crippen LogP) is 0.786. The molecule has 7 heteroatoms. The van der Waals surface area contributed by atoms with Crippen LogP contribution in [0.25, 0.3) is 0 Å². The van der Waals surface area contributed by atoms with Crippen molar-refractivity contribution in [1.29, 1.82) is 0 Å². The van der Waals surface area contributed by atoms with E-state index in [1.807, 2.05) is 4.90 Å². The van der Waals surface area contributed by atoms with E-state index in [-0.39, 0.29) is 18.0 Å². The molecular formula is C19H29N5O2. The van der Waals surface area contributed by atoms with Crippen molar-refractivity contribution < 1.29 is 4.79 Å². The summed E-state index contributed by atoms with van der Waals surface area (Å²) in [6.07, 6.45) is 7.51. The van der Waals surface area contributed by atoms with Gasteiger partial charge in [0.25, 0.3) is 5.56 Å². The first kappa shape index (κ1) is 17.5. The van der Waals surface area contributed by atoms with E-state index < -0.39 is 0 Å². The summed E-state index contributed by atoms with van der Waals surface area (Å²) in [6, 6.07) is 2.01. The maximum atomic E-state index is 12.7. The van der Waals surface area contributed by atoms with E-state index in [1.165, 1.54) is 17.5 Å². The molecule has 0 aromatic carbocycles. The zero-order valence-electron chi connectivity index (χ0n) is 15.6. The predicted molar refractivity (Wildman–Crippen MR) is 100 cm³/mol. The van der Waals surface area contributed by atoms with Crippen LogP contribution < -0.4 is 10.5 Å². The average molecular weight is 359 g/mol. The standard InChI is InChI=1S/C19H29N5O2/c1-21-6-3-7-22(9-8-21)17-11-18(25)24(20-12-17)14-19(26)23-13-15-4-2-5-16(23)10-15/h11-12,15-16H,2-10,13-14H2,1H3/t15-,16+/m0/s1. The second-order valence-corrected chi connectivity index (χ2v) is 8.09. The third-order valence-electron chi connectivity index (χ3n) is 6.20. The van der Waals surface area contributed by atoms with Crippen molar-refractivity contribution in [3.8, 4) is 0 Å². The van der Waals surface area contributed by atoms with Crippen molar-refractivity contribution in [3.05, 3.63) is 22.6 Å². The molecule has 142 valence electrons. The summed E-state index contributed by atoms with van der Waals surface area (Å²) in [7, 11) is 2.12. The Bertz CT molecular complexity index is 718. The maximum absolute atomic E-state index is 12.7. The number of likely N-dealkylation sites (tertiary alicyclic amines) is 1. The summed E-state index contributed by atoms with van der Waals surface area (Å²) < 4.78 is 1.32. The van der Waals surface area contributed by atoms with Crippen LogP contribution in [0.3, 0.4) is 0 Å². The average Bonchev–Trinajstić information content (AvgIpc) is 2.79. The Morgan fingerprint density at radius 1 is 1.19 bits per heavy atom. The highest BCUT2D eigenvalue weighted by Gasteiger charge is 2.37. The van der Waals surface area contributed by atoms with E-state index in [2.05, 4.69) is 21.9 Å². The summed E-state index contributed by atoms with van der Waals surface area (Å²) in [4.78, 5) is 31.7. The van der Waals surface area contributed by atoms with Gasteiger partial charge in [-0.2, -0.15) is 5.10 Å². The molecule has 7 nitrogen and oxygen atoms in total. The number of rotatable bonds is 3. The van der Waals surface area contributed by atoms with Gasteiger partial charge in [0.05, 0.1) is 11.9 Å². The smallest absolute Gasteiger partial charge is 0.269 e. The molecule has 1 aromatic heterocycles. The van der Waals surface area contributed by atoms with Crippen LogP contribution in [0.1, 0.15) is 32.1 Å². The molecule has 3 aliphatic rings. The van der Waals surface area contributed by atoms with Gasteiger partial charge in [0.15, 0.2) is 0 Å². The first-order chi connectivity index (χ1) is 12.6. The van der Waals surface area contributed by atoms with E-state index in [0.29, 0.717) is 12.0 Å². The normalized spacial score (nSPS) is 26.8. The molecule has 2 aliphatic heterocycles. The molecule has 2 atom stereocenters. The highest BCUT2D eigenvalue weighted by Crippen LogP contribution is 2.35. The second-order valence-electron chi connectivity index (χ2n) is 8.09. The first-order valence-corrected chi connectivity index (χ1v) is 9.90. The summed E-state index contributed by atoms with van der Waals surface area (Å²) in [5.74, 6) is 0.698. The van der Waals surface area contributed by atoms with Crippen molar-refractivity contribution in [3.63, 3.8) is 0 Å². The van der Waals surface area contributed by atoms with Gasteiger partial charge in [0.2, 0.25) is 5.91 Å². The van der Waals surface area contributed by atoms with Gasteiger partial charge in [-0.25, -0.2) is 4.68 Å². The number of nitrogens with zero attached hydrogens (tertiary/aromatic N) is 5. The molecule has 0 radical (unpaired) electrons. The quantitative estimate of drug-likeness (QED) is 0.798. The minimum Gasteiger partial charge on any atom is -0.369 e. The molecule has 1 amide bonds. The highest BCUT2D eigenvalue weighted by atomic mass is 16.2. The van der Waals surface area contributed by atoms with E-state index >= 15 is 0 Å². The number of aromatic nitrogens is 2. The van der Waals surface area contributed by atoms with Gasteiger partial charge in [-0.15, -0.1) is 0 Å². The van der Waals surface area contributed by atoms with Crippen LogP contribution in [0.5, 0.6) is 0 Å². The Labute approximate surface area is 154 Å². The van der Waals surface area contributed by atoms with Crippen molar-refractivity contribution in [2.45, 2.75) is 44.7 Å². The lowest BCUT2D eigenvalue weighted by Gasteiger charge is -2.25. The van der Waals surface area contributed by atoms with Crippen LogP contribution in [0, 0.1) is 5.92 Å². The van der Waals surface area contributed by atoms with Crippen molar-refractivity contribution in [2.75, 3.05) is 44.7 Å². The number of anilines is 1. The van der Waals surface area contributed by atoms with Crippen molar-refractivity contribution >= 4 is 11.6 Å². The number of hydrogen-bond donors (Lipinski definition) is 0. The number of amides is 1. The molecule has 2 bridgehead atoms. The third kappa shape index (κ3) is 3.63. The lowest BCUT2D eigenvalue weighted by molar-refractivity contribution is -0.133. The number of hydrogen-bond acceptors (Lipinski definition) is 5. The van der Waals surface area contributed by atoms with E-state index in [9.17, 15) is 9.59 Å². The molecule has 3 heterocycles. The Morgan fingerprint density at radius 3 is 2.88 bits per heavy atom. The van der Waals surface area contributed by atoms with E-state index in [0.717, 1.165) is 57.7 Å². The number of carbonyl (C=O) groups excluding carboxylic acids is 1. The van der Waals surface area contributed by atoms with Gasteiger partial charge >= 0.3 is 0 Å². The lowest BCUT2D eigenvalue weighted by atomic mass is 9.90. The fraction of sp³-hybridized carbons (Fsp3) is 0.737. The summed E-state index contributed by atoms with van der Waals surface area (Å²) >= 11 is 0. The minimum atomic E-state index is -0.185. The fourth-order valence-corrected chi connectivity index (χ4v) is 4.68. The highest BCUT2D eigenvalue weighted by molar-refractivity contribution is 5.76. The van der Waals surface area contributed by atoms with Crippen LogP contribution in [-0.4, -0.2) is 71.3 Å². The molecule has 26 heavy (non-hydrogen) atoms. The molecule has 1 saturated carbocycles. The van der Waals surface area contributed by atoms with Crippen LogP contribution in [0.4, 0.5) is 5.69 Å². The number of fused-ring (bicyclic) bond motifs is 2. The Hall–Kier alpha value is -1.89. The number of carbonyl (C=O) groups is 1. The van der Waals surface area contributed by atoms with Crippen LogP contribution >= 0.6 is 0 Å². The maximum Gasteiger partial charge on any atom is 0.269 e. The van der Waals surface area contributed by atoms with Gasteiger partial charge in [-0.1, -0.05) is 6.42 Å². The molecule has 0 unspecified atom stereocenters. The first-order valence-electron chi connectivity index (χ1n) is 9.90. The number of likely N-dealkylation sites (N-methyl/N-ethyl adjacent to an activating group) is 1. The molecule has 3 fully saturated rings. The Balaban J connectivity index is 1.43. The topological polar surface area (TPSA) is 61.7 Å². The van der Waals surface area contributed by atoms with E-state index in [1.54, 1.807) is 12.3 Å². The van der Waals surface area contributed by atoms with Crippen LogP contribution in [-0.2, 0) is 11.3 Å². The van der Waals surface area contributed by atoms with Gasteiger partial charge in [0.1, 0.15) is 6.54 Å². The van der Waals surface area contributed by atoms with Crippen molar-refractivity contribution in [1.82, 2.24) is 19.6 Å². The molecule has 1 aliphatic carbocycles. The zero-order valence-corrected chi connectivity index (χ0v) is 15.6. The van der Waals surface area contributed by atoms with Crippen LogP contribution in [0.15, 0.2) is 17.1 Å². The van der Waals surface area contributed by atoms with Gasteiger partial charge in [0, 0.05) is 38.3 Å². The summed E-state index contributed by atoms with van der Waals surface area (Å²) in [5.41, 5.74) is 0.682. The SMILES string of the molecule is CN1CCCN(c2cnn(CC(=O)N3C[C@H]4CCC[C@@H]3C4)c(=O)c2)CC1. The van der Waals surface area contributed by atoms with Crippen LogP contribution in [0.2, 0.25) is 0 Å². The van der Waals surface area contributed by atoms with Gasteiger partial charge in [-0.05, 0) is 45.2 Å². The molecule has 0 N–H and O–H groups in total. The Morgan fingerprint density at radius 2 is 2.08 bits per heavy atom. The lowest BCUT2D eigenvalue weighted by Crippen LogP contribution is -2.40. The third-order valence-corrected chi connectivity index (χ3v) is 6.20. The van der Waals surface area contributed by atoms with Gasteiger partial charge in [-0.3, -0.25) is 9.59 Å². The fourth-order valence-electron chi connectivity index (χ4n) is 4.68.